The van der Waals surface area contributed by atoms with Crippen molar-refractivity contribution in [2.75, 3.05) is 14.2 Å². The SMILES string of the molecule is COC1C2CCC(C(=NO)S2)C1OC. The summed E-state index contributed by atoms with van der Waals surface area (Å²) in [4.78, 5) is 0. The molecule has 3 fully saturated rings. The largest absolute Gasteiger partial charge is 0.410 e. The number of fused-ring (bicyclic) bond motifs is 3. The second-order valence-electron chi connectivity index (χ2n) is 3.68. The fourth-order valence-electron chi connectivity index (χ4n) is 2.43. The normalized spacial score (nSPS) is 44.6. The number of nitrogens with zero attached hydrogens (tertiary/aromatic N) is 1. The van der Waals surface area contributed by atoms with E-state index >= 15 is 0 Å². The van der Waals surface area contributed by atoms with Crippen LogP contribution in [0.4, 0.5) is 0 Å². The summed E-state index contributed by atoms with van der Waals surface area (Å²) in [5.41, 5.74) is 0. The van der Waals surface area contributed by atoms with E-state index in [0.717, 1.165) is 17.9 Å². The molecule has 1 aliphatic carbocycles. The van der Waals surface area contributed by atoms with Gasteiger partial charge in [0.15, 0.2) is 0 Å². The Morgan fingerprint density at radius 2 is 2.00 bits per heavy atom. The number of rotatable bonds is 2. The summed E-state index contributed by atoms with van der Waals surface area (Å²) in [5, 5.41) is 13.4. The monoisotopic (exact) mass is 217 g/mol. The van der Waals surface area contributed by atoms with Gasteiger partial charge in [-0.15, -0.1) is 11.8 Å². The first kappa shape index (κ1) is 10.3. The number of ether oxygens (including phenoxy) is 2. The van der Waals surface area contributed by atoms with Crippen molar-refractivity contribution in [2.45, 2.75) is 30.3 Å². The highest BCUT2D eigenvalue weighted by atomic mass is 32.2. The van der Waals surface area contributed by atoms with Crippen LogP contribution in [-0.4, -0.2) is 41.9 Å². The number of methoxy groups -OCH3 is 2. The maximum absolute atomic E-state index is 8.86. The molecule has 2 aliphatic heterocycles. The molecule has 0 spiro atoms. The zero-order valence-corrected chi connectivity index (χ0v) is 9.16. The van der Waals surface area contributed by atoms with Gasteiger partial charge in [0, 0.05) is 25.4 Å². The van der Waals surface area contributed by atoms with Crippen molar-refractivity contribution >= 4 is 16.8 Å². The Labute approximate surface area is 87.6 Å². The van der Waals surface area contributed by atoms with Gasteiger partial charge < -0.3 is 14.7 Å². The van der Waals surface area contributed by atoms with Crippen LogP contribution < -0.4 is 0 Å². The van der Waals surface area contributed by atoms with Crippen LogP contribution in [0.15, 0.2) is 5.16 Å². The highest BCUT2D eigenvalue weighted by Gasteiger charge is 2.48. The van der Waals surface area contributed by atoms with E-state index in [0.29, 0.717) is 5.25 Å². The van der Waals surface area contributed by atoms with Crippen LogP contribution in [0.1, 0.15) is 12.8 Å². The maximum atomic E-state index is 8.86. The van der Waals surface area contributed by atoms with Gasteiger partial charge in [-0.25, -0.2) is 0 Å². The molecule has 1 saturated carbocycles. The predicted molar refractivity (Wildman–Crippen MR) is 54.9 cm³/mol. The van der Waals surface area contributed by atoms with Crippen molar-refractivity contribution in [3.8, 4) is 0 Å². The quantitative estimate of drug-likeness (QED) is 0.560. The Balaban J connectivity index is 2.22. The first-order chi connectivity index (χ1) is 6.81. The van der Waals surface area contributed by atoms with Gasteiger partial charge in [0.2, 0.25) is 0 Å². The summed E-state index contributed by atoms with van der Waals surface area (Å²) in [7, 11) is 3.41. The van der Waals surface area contributed by atoms with Crippen LogP contribution in [0.3, 0.4) is 0 Å². The Hall–Kier alpha value is -0.260. The van der Waals surface area contributed by atoms with Crippen LogP contribution in [0.2, 0.25) is 0 Å². The minimum atomic E-state index is 0.0471. The van der Waals surface area contributed by atoms with Crippen molar-refractivity contribution in [1.82, 2.24) is 0 Å². The minimum absolute atomic E-state index is 0.0471. The van der Waals surface area contributed by atoms with E-state index in [1.165, 1.54) is 0 Å². The van der Waals surface area contributed by atoms with Crippen LogP contribution in [0.25, 0.3) is 0 Å². The molecule has 14 heavy (non-hydrogen) atoms. The van der Waals surface area contributed by atoms with Crippen molar-refractivity contribution in [3.63, 3.8) is 0 Å². The van der Waals surface area contributed by atoms with Gasteiger partial charge in [0.25, 0.3) is 0 Å². The van der Waals surface area contributed by atoms with Crippen molar-refractivity contribution < 1.29 is 14.7 Å². The molecule has 4 unspecified atom stereocenters. The first-order valence-corrected chi connectivity index (χ1v) is 5.64. The Bertz CT molecular complexity index is 246. The van der Waals surface area contributed by atoms with E-state index in [1.807, 2.05) is 0 Å². The number of oxime groups is 1. The molecule has 0 aromatic heterocycles. The van der Waals surface area contributed by atoms with E-state index < -0.39 is 0 Å². The molecule has 1 N–H and O–H groups in total. The van der Waals surface area contributed by atoms with Gasteiger partial charge in [-0.3, -0.25) is 0 Å². The minimum Gasteiger partial charge on any atom is -0.410 e. The van der Waals surface area contributed by atoms with Crippen LogP contribution in [0, 0.1) is 5.92 Å². The molecule has 0 radical (unpaired) electrons. The molecule has 2 bridgehead atoms. The lowest BCUT2D eigenvalue weighted by molar-refractivity contribution is -0.0709. The Morgan fingerprint density at radius 3 is 2.57 bits per heavy atom. The van der Waals surface area contributed by atoms with Gasteiger partial charge in [-0.1, -0.05) is 5.16 Å². The summed E-state index contributed by atoms with van der Waals surface area (Å²) in [5.74, 6) is 0.213. The van der Waals surface area contributed by atoms with E-state index in [9.17, 15) is 0 Å². The fourth-order valence-corrected chi connectivity index (χ4v) is 3.87. The molecule has 4 atom stereocenters. The number of hydrogen-bond donors (Lipinski definition) is 1. The smallest absolute Gasteiger partial charge is 0.119 e. The Kier molecular flexibility index (Phi) is 2.99. The van der Waals surface area contributed by atoms with Gasteiger partial charge >= 0.3 is 0 Å². The number of thioether (sulfide) groups is 1. The standard InChI is InChI=1S/C9H15NO3S/c1-12-7-5-3-4-6(8(7)13-2)14-9(5)10-11/h5-8,11H,3-4H2,1-2H3. The second kappa shape index (κ2) is 4.08. The third kappa shape index (κ3) is 1.43. The average Bonchev–Trinajstić information content (AvgIpc) is 2.27. The van der Waals surface area contributed by atoms with Crippen molar-refractivity contribution in [1.29, 1.82) is 0 Å². The molecule has 0 amide bonds. The zero-order chi connectivity index (χ0) is 10.1. The van der Waals surface area contributed by atoms with Crippen LogP contribution in [-0.2, 0) is 9.47 Å². The highest BCUT2D eigenvalue weighted by molar-refractivity contribution is 8.14. The lowest BCUT2D eigenvalue weighted by Crippen LogP contribution is -2.54. The molecular formula is C9H15NO3S. The van der Waals surface area contributed by atoms with Crippen LogP contribution in [0.5, 0.6) is 0 Å². The maximum Gasteiger partial charge on any atom is 0.119 e. The van der Waals surface area contributed by atoms with Crippen LogP contribution >= 0.6 is 11.8 Å². The average molecular weight is 217 g/mol. The van der Waals surface area contributed by atoms with Crippen molar-refractivity contribution in [2.24, 2.45) is 11.1 Å². The molecule has 0 aromatic rings. The summed E-state index contributed by atoms with van der Waals surface area (Å²) in [6.45, 7) is 0. The molecule has 80 valence electrons. The predicted octanol–water partition coefficient (Wildman–Crippen LogP) is 1.33. The van der Waals surface area contributed by atoms with E-state index in [2.05, 4.69) is 5.16 Å². The summed E-state index contributed by atoms with van der Waals surface area (Å²) in [6, 6.07) is 0. The summed E-state index contributed by atoms with van der Waals surface area (Å²) < 4.78 is 10.9. The lowest BCUT2D eigenvalue weighted by Gasteiger charge is -2.46. The first-order valence-electron chi connectivity index (χ1n) is 4.76. The molecule has 0 aromatic carbocycles. The molecule has 3 rings (SSSR count). The van der Waals surface area contributed by atoms with Gasteiger partial charge in [0.05, 0.1) is 12.2 Å². The number of hydrogen-bond acceptors (Lipinski definition) is 5. The summed E-state index contributed by atoms with van der Waals surface area (Å²) >= 11 is 1.63. The topological polar surface area (TPSA) is 51.0 Å². The van der Waals surface area contributed by atoms with E-state index in [1.54, 1.807) is 26.0 Å². The van der Waals surface area contributed by atoms with E-state index in [-0.39, 0.29) is 18.1 Å². The second-order valence-corrected chi connectivity index (χ2v) is 4.94. The third-order valence-electron chi connectivity index (χ3n) is 3.08. The molecular weight excluding hydrogens is 202 g/mol. The molecule has 5 heteroatoms. The zero-order valence-electron chi connectivity index (χ0n) is 8.34. The lowest BCUT2D eigenvalue weighted by atomic mass is 9.83. The van der Waals surface area contributed by atoms with Crippen molar-refractivity contribution in [3.05, 3.63) is 0 Å². The van der Waals surface area contributed by atoms with Gasteiger partial charge in [-0.05, 0) is 12.8 Å². The van der Waals surface area contributed by atoms with E-state index in [4.69, 9.17) is 14.7 Å². The third-order valence-corrected chi connectivity index (χ3v) is 4.51. The van der Waals surface area contributed by atoms with Gasteiger partial charge in [0.1, 0.15) is 5.04 Å². The molecule has 2 heterocycles. The fraction of sp³-hybridized carbons (Fsp3) is 0.889. The van der Waals surface area contributed by atoms with Gasteiger partial charge in [-0.2, -0.15) is 0 Å². The summed E-state index contributed by atoms with van der Waals surface area (Å²) in [6.07, 6.45) is 2.34. The highest BCUT2D eigenvalue weighted by Crippen LogP contribution is 2.45. The molecule has 2 saturated heterocycles. The molecule has 4 nitrogen and oxygen atoms in total. The molecule has 3 aliphatic rings. The Morgan fingerprint density at radius 1 is 1.29 bits per heavy atom.